The van der Waals surface area contributed by atoms with Crippen molar-refractivity contribution in [3.05, 3.63) is 95.6 Å². The number of rotatable bonds is 7. The van der Waals surface area contributed by atoms with Gasteiger partial charge in [0, 0.05) is 16.5 Å². The number of hydrogen-bond donors (Lipinski definition) is 0. The van der Waals surface area contributed by atoms with Crippen LogP contribution in [0.1, 0.15) is 43.7 Å². The fraction of sp³-hybridized carbons (Fsp3) is 0.207. The third kappa shape index (κ3) is 4.55. The largest absolute Gasteiger partial charge is 0.206 e. The minimum Gasteiger partial charge on any atom is -0.206 e. The molecular weight excluding hydrogens is 400 g/mol. The van der Waals surface area contributed by atoms with Crippen LogP contribution in [0.15, 0.2) is 72.8 Å². The number of nitriles is 1. The van der Waals surface area contributed by atoms with Crippen LogP contribution in [-0.2, 0) is 6.42 Å². The average Bonchev–Trinajstić information content (AvgIpc) is 2.82. The molecule has 32 heavy (non-hydrogen) atoms. The second-order valence-electron chi connectivity index (χ2n) is 8.18. The van der Waals surface area contributed by atoms with Crippen molar-refractivity contribution in [2.45, 2.75) is 39.0 Å². The monoisotopic (exact) mass is 425 g/mol. The molecule has 0 aliphatic rings. The van der Waals surface area contributed by atoms with Gasteiger partial charge in [0.25, 0.3) is 0 Å². The first-order valence-corrected chi connectivity index (χ1v) is 11.1. The minimum absolute atomic E-state index is 0.328. The summed E-state index contributed by atoms with van der Waals surface area (Å²) in [5.74, 6) is -0.750. The molecule has 0 bridgehead atoms. The number of hydrogen-bond acceptors (Lipinski definition) is 1. The molecule has 0 amide bonds. The molecule has 0 radical (unpaired) electrons. The molecule has 4 aromatic rings. The van der Waals surface area contributed by atoms with Gasteiger partial charge < -0.3 is 0 Å². The van der Waals surface area contributed by atoms with E-state index in [-0.39, 0.29) is 5.82 Å². The van der Waals surface area contributed by atoms with Crippen LogP contribution in [0.5, 0.6) is 0 Å². The first-order chi connectivity index (χ1) is 15.6. The van der Waals surface area contributed by atoms with Crippen LogP contribution in [0.3, 0.4) is 0 Å². The molecule has 0 heterocycles. The molecule has 0 spiro atoms. The maximum atomic E-state index is 15.3. The Hall–Kier alpha value is -3.51. The van der Waals surface area contributed by atoms with Crippen LogP contribution in [0, 0.1) is 23.0 Å². The summed E-state index contributed by atoms with van der Waals surface area (Å²) in [6, 6.07) is 23.1. The van der Waals surface area contributed by atoms with Gasteiger partial charge in [-0.1, -0.05) is 80.8 Å². The van der Waals surface area contributed by atoms with Crippen molar-refractivity contribution < 1.29 is 8.78 Å². The molecule has 0 aliphatic carbocycles. The van der Waals surface area contributed by atoms with Crippen LogP contribution in [0.2, 0.25) is 0 Å². The molecule has 4 rings (SSSR count). The van der Waals surface area contributed by atoms with E-state index in [9.17, 15) is 4.39 Å². The van der Waals surface area contributed by atoms with Gasteiger partial charge in [-0.3, -0.25) is 0 Å². The Balaban J connectivity index is 1.62. The Morgan fingerprint density at radius 2 is 1.50 bits per heavy atom. The van der Waals surface area contributed by atoms with E-state index >= 15 is 4.39 Å². The number of benzene rings is 4. The van der Waals surface area contributed by atoms with E-state index in [1.54, 1.807) is 42.5 Å². The molecule has 0 aromatic heterocycles. The second-order valence-corrected chi connectivity index (χ2v) is 8.18. The fourth-order valence-electron chi connectivity index (χ4n) is 4.12. The molecule has 1 nitrogen and oxygen atoms in total. The zero-order valence-electron chi connectivity index (χ0n) is 18.2. The van der Waals surface area contributed by atoms with Crippen molar-refractivity contribution >= 4 is 10.8 Å². The van der Waals surface area contributed by atoms with E-state index in [1.165, 1.54) is 30.9 Å². The fourth-order valence-corrected chi connectivity index (χ4v) is 4.12. The van der Waals surface area contributed by atoms with Gasteiger partial charge in [-0.25, -0.2) is 8.78 Å². The zero-order chi connectivity index (χ0) is 22.5. The van der Waals surface area contributed by atoms with Gasteiger partial charge in [0.05, 0.1) is 11.6 Å². The molecule has 0 aliphatic heterocycles. The summed E-state index contributed by atoms with van der Waals surface area (Å²) in [5.41, 5.74) is 3.73. The second kappa shape index (κ2) is 9.75. The zero-order valence-corrected chi connectivity index (χ0v) is 18.2. The maximum absolute atomic E-state index is 15.3. The standard InChI is InChI=1S/C29H25F2N/c1-2-3-4-5-6-20-9-14-26-23(17-20)13-16-27(29(26)31)24-12-15-25(28(30)18-24)22-10-7-21(19-32)8-11-22/h7-18H,2-6H2,1H3. The van der Waals surface area contributed by atoms with Gasteiger partial charge in [0.15, 0.2) is 0 Å². The summed E-state index contributed by atoms with van der Waals surface area (Å²) in [7, 11) is 0. The third-order valence-electron chi connectivity index (χ3n) is 5.94. The molecule has 3 heteroatoms. The van der Waals surface area contributed by atoms with Crippen molar-refractivity contribution in [1.82, 2.24) is 0 Å². The van der Waals surface area contributed by atoms with E-state index in [0.29, 0.717) is 33.2 Å². The normalized spacial score (nSPS) is 10.9. The van der Waals surface area contributed by atoms with E-state index < -0.39 is 5.82 Å². The van der Waals surface area contributed by atoms with Crippen molar-refractivity contribution in [2.75, 3.05) is 0 Å². The Kier molecular flexibility index (Phi) is 6.61. The number of aryl methyl sites for hydroxylation is 1. The minimum atomic E-state index is -0.422. The molecule has 0 atom stereocenters. The molecule has 160 valence electrons. The van der Waals surface area contributed by atoms with E-state index in [2.05, 4.69) is 19.1 Å². The van der Waals surface area contributed by atoms with Gasteiger partial charge in [-0.2, -0.15) is 5.26 Å². The first kappa shape index (κ1) is 21.7. The lowest BCUT2D eigenvalue weighted by Crippen LogP contribution is -1.92. The Labute approximate surface area is 188 Å². The molecular formula is C29H25F2N. The predicted molar refractivity (Wildman–Crippen MR) is 127 cm³/mol. The topological polar surface area (TPSA) is 23.8 Å². The Bertz CT molecular complexity index is 1280. The molecule has 0 unspecified atom stereocenters. The summed E-state index contributed by atoms with van der Waals surface area (Å²) in [5, 5.41) is 10.4. The van der Waals surface area contributed by atoms with Crippen molar-refractivity contribution in [3.8, 4) is 28.3 Å². The molecule has 4 aromatic carbocycles. The van der Waals surface area contributed by atoms with E-state index in [4.69, 9.17) is 5.26 Å². The Morgan fingerprint density at radius 3 is 2.22 bits per heavy atom. The van der Waals surface area contributed by atoms with Gasteiger partial charge in [-0.05, 0) is 53.1 Å². The van der Waals surface area contributed by atoms with Gasteiger partial charge in [0.2, 0.25) is 0 Å². The van der Waals surface area contributed by atoms with Crippen LogP contribution in [0.25, 0.3) is 33.0 Å². The number of unbranched alkanes of at least 4 members (excludes halogenated alkanes) is 3. The summed E-state index contributed by atoms with van der Waals surface area (Å²) in [4.78, 5) is 0. The summed E-state index contributed by atoms with van der Waals surface area (Å²) in [6.45, 7) is 2.20. The molecule has 0 saturated heterocycles. The highest BCUT2D eigenvalue weighted by molar-refractivity contribution is 5.89. The molecule has 0 saturated carbocycles. The molecule has 0 N–H and O–H groups in total. The van der Waals surface area contributed by atoms with Crippen LogP contribution < -0.4 is 0 Å². The van der Waals surface area contributed by atoms with Crippen molar-refractivity contribution in [3.63, 3.8) is 0 Å². The maximum Gasteiger partial charge on any atom is 0.138 e. The lowest BCUT2D eigenvalue weighted by atomic mass is 9.95. The third-order valence-corrected chi connectivity index (χ3v) is 5.94. The molecule has 0 fully saturated rings. The quantitative estimate of drug-likeness (QED) is 0.273. The van der Waals surface area contributed by atoms with Gasteiger partial charge >= 0.3 is 0 Å². The predicted octanol–water partition coefficient (Wildman–Crippen LogP) is 8.45. The lowest BCUT2D eigenvalue weighted by Gasteiger charge is -2.11. The van der Waals surface area contributed by atoms with Crippen LogP contribution in [-0.4, -0.2) is 0 Å². The number of halogens is 2. The first-order valence-electron chi connectivity index (χ1n) is 11.1. The number of nitrogens with zero attached hydrogens (tertiary/aromatic N) is 1. The summed E-state index contributed by atoms with van der Waals surface area (Å²) >= 11 is 0. The van der Waals surface area contributed by atoms with Crippen molar-refractivity contribution in [2.24, 2.45) is 0 Å². The van der Waals surface area contributed by atoms with E-state index in [0.717, 1.165) is 18.2 Å². The Morgan fingerprint density at radius 1 is 0.750 bits per heavy atom. The highest BCUT2D eigenvalue weighted by Crippen LogP contribution is 2.33. The lowest BCUT2D eigenvalue weighted by molar-refractivity contribution is 0.630. The van der Waals surface area contributed by atoms with Crippen molar-refractivity contribution in [1.29, 1.82) is 5.26 Å². The van der Waals surface area contributed by atoms with Gasteiger partial charge in [-0.15, -0.1) is 0 Å². The average molecular weight is 426 g/mol. The van der Waals surface area contributed by atoms with E-state index in [1.807, 2.05) is 18.2 Å². The summed E-state index contributed by atoms with van der Waals surface area (Å²) in [6.07, 6.45) is 5.81. The number of fused-ring (bicyclic) bond motifs is 1. The van der Waals surface area contributed by atoms with Crippen LogP contribution >= 0.6 is 0 Å². The summed E-state index contributed by atoms with van der Waals surface area (Å²) < 4.78 is 30.2. The van der Waals surface area contributed by atoms with Gasteiger partial charge in [0.1, 0.15) is 11.6 Å². The SMILES string of the molecule is CCCCCCc1ccc2c(F)c(-c3ccc(-c4ccc(C#N)cc4)c(F)c3)ccc2c1. The van der Waals surface area contributed by atoms with Crippen LogP contribution in [0.4, 0.5) is 8.78 Å². The highest BCUT2D eigenvalue weighted by atomic mass is 19.1. The highest BCUT2D eigenvalue weighted by Gasteiger charge is 2.13. The smallest absolute Gasteiger partial charge is 0.138 e.